The summed E-state index contributed by atoms with van der Waals surface area (Å²) in [5, 5.41) is 0.142. The number of rotatable bonds is 4. The Morgan fingerprint density at radius 3 is 2.43 bits per heavy atom. The van der Waals surface area contributed by atoms with Gasteiger partial charge in [-0.3, -0.25) is 4.90 Å². The van der Waals surface area contributed by atoms with E-state index >= 15 is 0 Å². The summed E-state index contributed by atoms with van der Waals surface area (Å²) in [5.74, 6) is 0.0659. The van der Waals surface area contributed by atoms with Crippen LogP contribution >= 0.6 is 11.6 Å². The van der Waals surface area contributed by atoms with Crippen molar-refractivity contribution in [1.82, 2.24) is 9.80 Å². The van der Waals surface area contributed by atoms with Crippen molar-refractivity contribution in [2.75, 3.05) is 13.1 Å². The summed E-state index contributed by atoms with van der Waals surface area (Å²) < 4.78 is 19.7. The first-order chi connectivity index (χ1) is 12.9. The van der Waals surface area contributed by atoms with E-state index in [4.69, 9.17) is 16.3 Å². The van der Waals surface area contributed by atoms with Crippen molar-refractivity contribution in [2.45, 2.75) is 78.6 Å². The third kappa shape index (κ3) is 5.84. The van der Waals surface area contributed by atoms with Crippen LogP contribution in [0.1, 0.15) is 66.5 Å². The molecule has 0 N–H and O–H groups in total. The minimum atomic E-state index is -0.516. The smallest absolute Gasteiger partial charge is 0.410 e. The second kappa shape index (κ2) is 9.00. The molecule has 1 aliphatic rings. The molecule has 6 heteroatoms. The quantitative estimate of drug-likeness (QED) is 0.617. The third-order valence-electron chi connectivity index (χ3n) is 5.09. The average Bonchev–Trinajstić information content (AvgIpc) is 2.55. The van der Waals surface area contributed by atoms with Crippen molar-refractivity contribution in [3.8, 4) is 0 Å². The maximum absolute atomic E-state index is 14.1. The second-order valence-electron chi connectivity index (χ2n) is 9.35. The molecule has 2 rings (SSSR count). The highest BCUT2D eigenvalue weighted by molar-refractivity contribution is 6.30. The Morgan fingerprint density at radius 2 is 1.89 bits per heavy atom. The zero-order valence-corrected chi connectivity index (χ0v) is 18.9. The molecule has 158 valence electrons. The average molecular weight is 413 g/mol. The molecule has 1 aliphatic heterocycles. The van der Waals surface area contributed by atoms with Gasteiger partial charge in [-0.15, -0.1) is 0 Å². The molecule has 4 nitrogen and oxygen atoms in total. The normalized spacial score (nSPS) is 22.4. The van der Waals surface area contributed by atoms with Gasteiger partial charge in [0.15, 0.2) is 0 Å². The lowest BCUT2D eigenvalue weighted by atomic mass is 9.92. The van der Waals surface area contributed by atoms with Gasteiger partial charge in [0.25, 0.3) is 0 Å². The number of carbonyl (C=O) groups excluding carboxylic acids is 1. The molecule has 1 aromatic rings. The van der Waals surface area contributed by atoms with Crippen LogP contribution in [0.4, 0.5) is 9.18 Å². The number of hydrogen-bond acceptors (Lipinski definition) is 3. The molecular weight excluding hydrogens is 379 g/mol. The van der Waals surface area contributed by atoms with Crippen molar-refractivity contribution < 1.29 is 13.9 Å². The van der Waals surface area contributed by atoms with Gasteiger partial charge in [-0.1, -0.05) is 31.5 Å². The van der Waals surface area contributed by atoms with E-state index in [-0.39, 0.29) is 35.1 Å². The molecule has 1 fully saturated rings. The van der Waals surface area contributed by atoms with E-state index < -0.39 is 5.60 Å². The lowest BCUT2D eigenvalue weighted by Crippen LogP contribution is -2.59. The number of hydrogen-bond donors (Lipinski definition) is 0. The number of benzene rings is 1. The molecule has 1 amide bonds. The van der Waals surface area contributed by atoms with Gasteiger partial charge in [0.05, 0.1) is 5.02 Å². The Hall–Kier alpha value is -1.33. The van der Waals surface area contributed by atoms with Gasteiger partial charge in [0.2, 0.25) is 0 Å². The van der Waals surface area contributed by atoms with Gasteiger partial charge in [0, 0.05) is 31.2 Å². The molecule has 0 bridgehead atoms. The van der Waals surface area contributed by atoms with E-state index in [0.29, 0.717) is 19.0 Å². The first-order valence-electron chi connectivity index (χ1n) is 10.1. The number of ether oxygens (including phenoxy) is 1. The summed E-state index contributed by atoms with van der Waals surface area (Å²) in [4.78, 5) is 16.8. The van der Waals surface area contributed by atoms with Crippen LogP contribution < -0.4 is 0 Å². The highest BCUT2D eigenvalue weighted by Gasteiger charge is 2.37. The Balaban J connectivity index is 2.23. The lowest BCUT2D eigenvalue weighted by Gasteiger charge is -2.47. The van der Waals surface area contributed by atoms with Crippen LogP contribution in [-0.4, -0.2) is 46.7 Å². The Labute approximate surface area is 174 Å². The van der Waals surface area contributed by atoms with Gasteiger partial charge in [-0.2, -0.15) is 0 Å². The highest BCUT2D eigenvalue weighted by Crippen LogP contribution is 2.34. The van der Waals surface area contributed by atoms with E-state index in [2.05, 4.69) is 25.7 Å². The molecule has 0 aliphatic carbocycles. The van der Waals surface area contributed by atoms with Crippen LogP contribution in [0, 0.1) is 11.7 Å². The number of halogens is 2. The molecule has 0 spiro atoms. The molecule has 3 atom stereocenters. The molecule has 1 saturated heterocycles. The molecule has 1 aromatic carbocycles. The molecular formula is C22H34ClFN2O2. The Bertz CT molecular complexity index is 690. The number of piperazine rings is 1. The van der Waals surface area contributed by atoms with Crippen molar-refractivity contribution >= 4 is 17.7 Å². The summed E-state index contributed by atoms with van der Waals surface area (Å²) in [7, 11) is 0. The summed E-state index contributed by atoms with van der Waals surface area (Å²) in [6.45, 7) is 15.4. The topological polar surface area (TPSA) is 32.8 Å². The first-order valence-corrected chi connectivity index (χ1v) is 10.5. The van der Waals surface area contributed by atoms with Crippen molar-refractivity contribution in [2.24, 2.45) is 5.92 Å². The zero-order chi connectivity index (χ0) is 21.2. The van der Waals surface area contributed by atoms with E-state index in [1.54, 1.807) is 17.0 Å². The van der Waals surface area contributed by atoms with E-state index in [9.17, 15) is 9.18 Å². The molecule has 0 saturated carbocycles. The molecule has 28 heavy (non-hydrogen) atoms. The fraction of sp³-hybridized carbons (Fsp3) is 0.682. The van der Waals surface area contributed by atoms with Crippen LogP contribution in [0.25, 0.3) is 0 Å². The largest absolute Gasteiger partial charge is 0.444 e. The highest BCUT2D eigenvalue weighted by atomic mass is 35.5. The van der Waals surface area contributed by atoms with E-state index in [0.717, 1.165) is 12.0 Å². The van der Waals surface area contributed by atoms with Crippen LogP contribution in [0.3, 0.4) is 0 Å². The van der Waals surface area contributed by atoms with Crippen LogP contribution in [0.5, 0.6) is 0 Å². The monoisotopic (exact) mass is 412 g/mol. The summed E-state index contributed by atoms with van der Waals surface area (Å²) in [6, 6.07) is 5.31. The minimum Gasteiger partial charge on any atom is -0.444 e. The van der Waals surface area contributed by atoms with Crippen LogP contribution in [-0.2, 0) is 4.74 Å². The zero-order valence-electron chi connectivity index (χ0n) is 18.1. The van der Waals surface area contributed by atoms with Gasteiger partial charge < -0.3 is 9.64 Å². The van der Waals surface area contributed by atoms with E-state index in [1.807, 2.05) is 33.8 Å². The van der Waals surface area contributed by atoms with Crippen LogP contribution in [0.2, 0.25) is 5.02 Å². The standard InChI is InChI=1S/C22H34ClFN2O2/c1-14(2)10-20(17-8-9-18(23)19(24)11-17)25-12-16(4)26(13-15(25)3)21(27)28-22(5,6)7/h8-9,11,14-16,20H,10,12-13H2,1-7H3/t15-,16+,20?/m1/s1. The van der Waals surface area contributed by atoms with Gasteiger partial charge >= 0.3 is 6.09 Å². The third-order valence-corrected chi connectivity index (χ3v) is 5.39. The summed E-state index contributed by atoms with van der Waals surface area (Å²) in [5.41, 5.74) is 0.415. The summed E-state index contributed by atoms with van der Waals surface area (Å²) >= 11 is 5.89. The van der Waals surface area contributed by atoms with Crippen molar-refractivity contribution in [1.29, 1.82) is 0 Å². The van der Waals surface area contributed by atoms with Gasteiger partial charge in [-0.25, -0.2) is 9.18 Å². The number of amides is 1. The van der Waals surface area contributed by atoms with Crippen molar-refractivity contribution in [3.05, 3.63) is 34.6 Å². The van der Waals surface area contributed by atoms with Gasteiger partial charge in [0.1, 0.15) is 11.4 Å². The van der Waals surface area contributed by atoms with E-state index in [1.165, 1.54) is 0 Å². The van der Waals surface area contributed by atoms with Crippen LogP contribution in [0.15, 0.2) is 18.2 Å². The number of carbonyl (C=O) groups is 1. The van der Waals surface area contributed by atoms with Crippen molar-refractivity contribution in [3.63, 3.8) is 0 Å². The maximum Gasteiger partial charge on any atom is 0.410 e. The minimum absolute atomic E-state index is 0.0119. The molecule has 1 unspecified atom stereocenters. The molecule has 0 radical (unpaired) electrons. The summed E-state index contributed by atoms with van der Waals surface area (Å²) in [6.07, 6.45) is 0.634. The fourth-order valence-electron chi connectivity index (χ4n) is 3.79. The fourth-order valence-corrected chi connectivity index (χ4v) is 3.91. The predicted octanol–water partition coefficient (Wildman–Crippen LogP) is 5.90. The Kier molecular flexibility index (Phi) is 7.38. The lowest BCUT2D eigenvalue weighted by molar-refractivity contribution is -0.0225. The number of nitrogens with zero attached hydrogens (tertiary/aromatic N) is 2. The van der Waals surface area contributed by atoms with Gasteiger partial charge in [-0.05, 0) is 64.7 Å². The first kappa shape index (κ1) is 23.0. The Morgan fingerprint density at radius 1 is 1.25 bits per heavy atom. The molecule has 0 aromatic heterocycles. The predicted molar refractivity (Wildman–Crippen MR) is 112 cm³/mol. The second-order valence-corrected chi connectivity index (χ2v) is 9.75. The SMILES string of the molecule is CC(C)CC(c1ccc(Cl)c(F)c1)N1C[C@H](C)N(C(=O)OC(C)(C)C)C[C@H]1C. The molecule has 1 heterocycles. The maximum atomic E-state index is 14.1.